The van der Waals surface area contributed by atoms with E-state index in [1.165, 1.54) is 12.8 Å². The molecule has 0 radical (unpaired) electrons. The second-order valence-electron chi connectivity index (χ2n) is 5.94. The molecule has 1 aliphatic rings. The van der Waals surface area contributed by atoms with Gasteiger partial charge in [-0.15, -0.1) is 0 Å². The zero-order valence-electron chi connectivity index (χ0n) is 11.6. The Hall–Kier alpha value is -1.25. The van der Waals surface area contributed by atoms with E-state index in [1.54, 1.807) is 12.4 Å². The van der Waals surface area contributed by atoms with Crippen LogP contribution in [0.3, 0.4) is 0 Å². The molecule has 18 heavy (non-hydrogen) atoms. The highest BCUT2D eigenvalue weighted by Gasteiger charge is 2.32. The Morgan fingerprint density at radius 1 is 1.33 bits per heavy atom. The third kappa shape index (κ3) is 3.15. The first-order valence-corrected chi connectivity index (χ1v) is 6.93. The highest BCUT2D eigenvalue weighted by molar-refractivity contribution is 5.40. The molecule has 0 saturated heterocycles. The lowest BCUT2D eigenvalue weighted by atomic mass is 9.75. The minimum absolute atomic E-state index is 0.303. The van der Waals surface area contributed by atoms with E-state index in [0.29, 0.717) is 23.6 Å². The van der Waals surface area contributed by atoms with Crippen molar-refractivity contribution in [1.82, 2.24) is 4.98 Å². The Labute approximate surface area is 110 Å². The Morgan fingerprint density at radius 3 is 2.78 bits per heavy atom. The maximum atomic E-state index is 6.14. The molecule has 2 N–H and O–H groups in total. The first-order chi connectivity index (χ1) is 8.56. The molecule has 0 spiro atoms. The number of hydrogen-bond donors (Lipinski definition) is 1. The molecule has 0 bridgehead atoms. The molecule has 3 atom stereocenters. The monoisotopic (exact) mass is 248 g/mol. The van der Waals surface area contributed by atoms with Crippen LogP contribution in [0.5, 0.6) is 5.75 Å². The molecule has 0 aromatic carbocycles. The molecular weight excluding hydrogens is 224 g/mol. The number of hydrogen-bond acceptors (Lipinski definition) is 3. The zero-order chi connectivity index (χ0) is 13.1. The van der Waals surface area contributed by atoms with Crippen molar-refractivity contribution in [3.63, 3.8) is 0 Å². The summed E-state index contributed by atoms with van der Waals surface area (Å²) in [5, 5.41) is 0. The molecule has 1 aromatic heterocycles. The van der Waals surface area contributed by atoms with Gasteiger partial charge in [-0.3, -0.25) is 4.98 Å². The van der Waals surface area contributed by atoms with Crippen LogP contribution in [0, 0.1) is 17.8 Å². The van der Waals surface area contributed by atoms with E-state index in [2.05, 4.69) is 25.8 Å². The molecule has 1 aliphatic carbocycles. The number of pyridine rings is 1. The summed E-state index contributed by atoms with van der Waals surface area (Å²) in [7, 11) is 0. The van der Waals surface area contributed by atoms with E-state index in [4.69, 9.17) is 10.5 Å². The predicted molar refractivity (Wildman–Crippen MR) is 74.4 cm³/mol. The Bertz CT molecular complexity index is 392. The number of nitrogens with zero attached hydrogens (tertiary/aromatic N) is 1. The first kappa shape index (κ1) is 13.2. The minimum Gasteiger partial charge on any atom is -0.488 e. The SMILES string of the molecule is CC1CCC(C(C)C)C(Oc2cncc(N)c2)C1. The van der Waals surface area contributed by atoms with Gasteiger partial charge in [0.05, 0.1) is 18.1 Å². The number of aromatic nitrogens is 1. The van der Waals surface area contributed by atoms with Crippen molar-refractivity contribution in [2.75, 3.05) is 5.73 Å². The number of anilines is 1. The molecule has 0 aliphatic heterocycles. The summed E-state index contributed by atoms with van der Waals surface area (Å²) in [5.41, 5.74) is 6.41. The predicted octanol–water partition coefficient (Wildman–Crippen LogP) is 3.50. The Balaban J connectivity index is 2.08. The molecule has 1 saturated carbocycles. The summed E-state index contributed by atoms with van der Waals surface area (Å²) < 4.78 is 6.14. The van der Waals surface area contributed by atoms with Gasteiger partial charge in [-0.05, 0) is 30.6 Å². The summed E-state index contributed by atoms with van der Waals surface area (Å²) in [6, 6.07) is 1.86. The fourth-order valence-corrected chi connectivity index (χ4v) is 2.93. The molecule has 2 rings (SSSR count). The third-order valence-corrected chi connectivity index (χ3v) is 3.98. The van der Waals surface area contributed by atoms with Gasteiger partial charge in [0.25, 0.3) is 0 Å². The summed E-state index contributed by atoms with van der Waals surface area (Å²) >= 11 is 0. The number of nitrogen functional groups attached to an aromatic ring is 1. The van der Waals surface area contributed by atoms with Crippen LogP contribution < -0.4 is 10.5 Å². The largest absolute Gasteiger partial charge is 0.488 e. The number of ether oxygens (including phenoxy) is 1. The molecule has 1 heterocycles. The van der Waals surface area contributed by atoms with Crippen molar-refractivity contribution in [3.8, 4) is 5.75 Å². The van der Waals surface area contributed by atoms with Gasteiger partial charge in [0.1, 0.15) is 11.9 Å². The van der Waals surface area contributed by atoms with Crippen LogP contribution in [0.25, 0.3) is 0 Å². The van der Waals surface area contributed by atoms with Crippen LogP contribution in [-0.4, -0.2) is 11.1 Å². The molecule has 3 heteroatoms. The lowest BCUT2D eigenvalue weighted by Crippen LogP contribution is -2.36. The highest BCUT2D eigenvalue weighted by atomic mass is 16.5. The molecule has 1 aromatic rings. The third-order valence-electron chi connectivity index (χ3n) is 3.98. The van der Waals surface area contributed by atoms with Crippen LogP contribution in [0.15, 0.2) is 18.5 Å². The normalized spacial score (nSPS) is 28.3. The van der Waals surface area contributed by atoms with Crippen LogP contribution in [-0.2, 0) is 0 Å². The van der Waals surface area contributed by atoms with Crippen molar-refractivity contribution >= 4 is 5.69 Å². The topological polar surface area (TPSA) is 48.1 Å². The van der Waals surface area contributed by atoms with E-state index in [1.807, 2.05) is 6.07 Å². The molecular formula is C15H24N2O. The van der Waals surface area contributed by atoms with Gasteiger partial charge in [-0.25, -0.2) is 0 Å². The van der Waals surface area contributed by atoms with Crippen molar-refractivity contribution < 1.29 is 4.74 Å². The molecule has 0 amide bonds. The van der Waals surface area contributed by atoms with Crippen LogP contribution in [0.1, 0.15) is 40.0 Å². The summed E-state index contributed by atoms with van der Waals surface area (Å²) in [6.45, 7) is 6.88. The van der Waals surface area contributed by atoms with Gasteiger partial charge in [0.2, 0.25) is 0 Å². The summed E-state index contributed by atoms with van der Waals surface area (Å²) in [6.07, 6.45) is 7.43. The number of nitrogens with two attached hydrogens (primary N) is 1. The number of rotatable bonds is 3. The van der Waals surface area contributed by atoms with Crippen molar-refractivity contribution in [2.45, 2.75) is 46.1 Å². The van der Waals surface area contributed by atoms with Gasteiger partial charge in [0.15, 0.2) is 0 Å². The minimum atomic E-state index is 0.303. The van der Waals surface area contributed by atoms with Crippen molar-refractivity contribution in [2.24, 2.45) is 17.8 Å². The van der Waals surface area contributed by atoms with Crippen molar-refractivity contribution in [3.05, 3.63) is 18.5 Å². The second-order valence-corrected chi connectivity index (χ2v) is 5.94. The van der Waals surface area contributed by atoms with Gasteiger partial charge in [-0.2, -0.15) is 0 Å². The fraction of sp³-hybridized carbons (Fsp3) is 0.667. The quantitative estimate of drug-likeness (QED) is 0.890. The second kappa shape index (κ2) is 5.59. The first-order valence-electron chi connectivity index (χ1n) is 6.93. The molecule has 100 valence electrons. The van der Waals surface area contributed by atoms with E-state index < -0.39 is 0 Å². The van der Waals surface area contributed by atoms with Gasteiger partial charge >= 0.3 is 0 Å². The molecule has 3 unspecified atom stereocenters. The van der Waals surface area contributed by atoms with Crippen molar-refractivity contribution in [1.29, 1.82) is 0 Å². The van der Waals surface area contributed by atoms with E-state index in [-0.39, 0.29) is 0 Å². The summed E-state index contributed by atoms with van der Waals surface area (Å²) in [5.74, 6) is 2.86. The maximum absolute atomic E-state index is 6.14. The fourth-order valence-electron chi connectivity index (χ4n) is 2.93. The Morgan fingerprint density at radius 2 is 2.11 bits per heavy atom. The van der Waals surface area contributed by atoms with E-state index >= 15 is 0 Å². The van der Waals surface area contributed by atoms with Crippen LogP contribution in [0.2, 0.25) is 0 Å². The van der Waals surface area contributed by atoms with Gasteiger partial charge in [0, 0.05) is 6.07 Å². The maximum Gasteiger partial charge on any atom is 0.140 e. The van der Waals surface area contributed by atoms with Gasteiger partial charge in [-0.1, -0.05) is 27.2 Å². The lowest BCUT2D eigenvalue weighted by molar-refractivity contribution is 0.0458. The molecule has 1 fully saturated rings. The zero-order valence-corrected chi connectivity index (χ0v) is 11.6. The lowest BCUT2D eigenvalue weighted by Gasteiger charge is -2.37. The van der Waals surface area contributed by atoms with Crippen LogP contribution >= 0.6 is 0 Å². The highest BCUT2D eigenvalue weighted by Crippen LogP contribution is 2.35. The average Bonchev–Trinajstić information content (AvgIpc) is 2.28. The Kier molecular flexibility index (Phi) is 4.10. The van der Waals surface area contributed by atoms with E-state index in [9.17, 15) is 0 Å². The molecule has 3 nitrogen and oxygen atoms in total. The standard InChI is InChI=1S/C15H24N2O/c1-10(2)14-5-4-11(3)6-15(14)18-13-7-12(16)8-17-9-13/h7-11,14-15H,4-6,16H2,1-3H3. The van der Waals surface area contributed by atoms with E-state index in [0.717, 1.165) is 18.1 Å². The van der Waals surface area contributed by atoms with Crippen LogP contribution in [0.4, 0.5) is 5.69 Å². The van der Waals surface area contributed by atoms with Gasteiger partial charge < -0.3 is 10.5 Å². The average molecular weight is 248 g/mol. The summed E-state index contributed by atoms with van der Waals surface area (Å²) in [4.78, 5) is 4.09. The smallest absolute Gasteiger partial charge is 0.140 e.